The normalized spacial score (nSPS) is 11.0. The number of hydrogen-bond donors (Lipinski definition) is 2. The van der Waals surface area contributed by atoms with Crippen LogP contribution in [0.4, 0.5) is 5.69 Å². The van der Waals surface area contributed by atoms with E-state index in [2.05, 4.69) is 10.0 Å². The van der Waals surface area contributed by atoms with Crippen molar-refractivity contribution in [2.75, 3.05) is 32.2 Å². The fourth-order valence-electron chi connectivity index (χ4n) is 2.37. The zero-order valence-electron chi connectivity index (χ0n) is 16.0. The monoisotopic (exact) mass is 408 g/mol. The maximum Gasteiger partial charge on any atom is 0.240 e. The zero-order valence-corrected chi connectivity index (χ0v) is 16.8. The molecule has 2 rings (SSSR count). The molecule has 152 valence electrons. The average Bonchev–Trinajstić information content (AvgIpc) is 2.66. The zero-order chi connectivity index (χ0) is 20.6. The van der Waals surface area contributed by atoms with Crippen LogP contribution in [0, 0.1) is 0 Å². The van der Waals surface area contributed by atoms with Crippen LogP contribution in [0.5, 0.6) is 17.2 Å². The van der Waals surface area contributed by atoms with Crippen LogP contribution in [-0.2, 0) is 14.8 Å². The van der Waals surface area contributed by atoms with Gasteiger partial charge in [0, 0.05) is 13.5 Å². The first kappa shape index (κ1) is 21.5. The highest BCUT2D eigenvalue weighted by Gasteiger charge is 2.16. The number of benzene rings is 2. The smallest absolute Gasteiger partial charge is 0.240 e. The number of carbonyl (C=O) groups is 1. The molecule has 0 saturated heterocycles. The Morgan fingerprint density at radius 2 is 1.68 bits per heavy atom. The van der Waals surface area contributed by atoms with E-state index in [-0.39, 0.29) is 29.6 Å². The van der Waals surface area contributed by atoms with Crippen molar-refractivity contribution in [3.05, 3.63) is 42.5 Å². The molecule has 0 aliphatic heterocycles. The molecule has 9 heteroatoms. The number of hydrogen-bond acceptors (Lipinski definition) is 6. The first-order valence-electron chi connectivity index (χ1n) is 8.66. The van der Waals surface area contributed by atoms with E-state index in [0.29, 0.717) is 18.1 Å². The van der Waals surface area contributed by atoms with Gasteiger partial charge in [-0.05, 0) is 49.4 Å². The summed E-state index contributed by atoms with van der Waals surface area (Å²) in [6, 6.07) is 11.3. The molecule has 2 aromatic carbocycles. The van der Waals surface area contributed by atoms with Gasteiger partial charge in [0.25, 0.3) is 0 Å². The Labute approximate surface area is 164 Å². The largest absolute Gasteiger partial charge is 0.495 e. The lowest BCUT2D eigenvalue weighted by atomic mass is 10.3. The summed E-state index contributed by atoms with van der Waals surface area (Å²) >= 11 is 0. The molecule has 0 heterocycles. The number of sulfonamides is 1. The SMILES string of the molecule is CCOc1ccc(OCCNS(=O)(=O)c2ccc(OC)c(NC(C)=O)c2)cc1. The molecular formula is C19H24N2O6S. The van der Waals surface area contributed by atoms with E-state index in [1.54, 1.807) is 24.3 Å². The van der Waals surface area contributed by atoms with Crippen molar-refractivity contribution < 1.29 is 27.4 Å². The van der Waals surface area contributed by atoms with Crippen molar-refractivity contribution in [3.63, 3.8) is 0 Å². The molecule has 2 aromatic rings. The van der Waals surface area contributed by atoms with Crippen molar-refractivity contribution in [3.8, 4) is 17.2 Å². The van der Waals surface area contributed by atoms with Crippen molar-refractivity contribution in [1.82, 2.24) is 4.72 Å². The van der Waals surface area contributed by atoms with Gasteiger partial charge in [0.1, 0.15) is 23.9 Å². The summed E-state index contributed by atoms with van der Waals surface area (Å²) in [7, 11) is -2.33. The number of methoxy groups -OCH3 is 1. The average molecular weight is 408 g/mol. The number of amides is 1. The maximum atomic E-state index is 12.5. The second-order valence-corrected chi connectivity index (χ2v) is 7.46. The van der Waals surface area contributed by atoms with E-state index in [1.165, 1.54) is 32.2 Å². The highest BCUT2D eigenvalue weighted by atomic mass is 32.2. The molecule has 2 N–H and O–H groups in total. The molecule has 28 heavy (non-hydrogen) atoms. The van der Waals surface area contributed by atoms with Gasteiger partial charge >= 0.3 is 0 Å². The first-order chi connectivity index (χ1) is 13.4. The fraction of sp³-hybridized carbons (Fsp3) is 0.316. The number of nitrogens with one attached hydrogen (secondary N) is 2. The predicted octanol–water partition coefficient (Wildman–Crippen LogP) is 2.41. The molecule has 0 aliphatic rings. The molecule has 0 aliphatic carbocycles. The highest BCUT2D eigenvalue weighted by Crippen LogP contribution is 2.27. The molecule has 0 fully saturated rings. The quantitative estimate of drug-likeness (QED) is 0.585. The van der Waals surface area contributed by atoms with E-state index < -0.39 is 10.0 Å². The molecule has 0 radical (unpaired) electrons. The van der Waals surface area contributed by atoms with Gasteiger partial charge in [-0.25, -0.2) is 13.1 Å². The van der Waals surface area contributed by atoms with Crippen molar-refractivity contribution in [2.45, 2.75) is 18.7 Å². The Kier molecular flexibility index (Phi) is 7.65. The molecule has 0 bridgehead atoms. The molecule has 0 saturated carbocycles. The summed E-state index contributed by atoms with van der Waals surface area (Å²) in [5.41, 5.74) is 0.281. The highest BCUT2D eigenvalue weighted by molar-refractivity contribution is 7.89. The van der Waals surface area contributed by atoms with Crippen molar-refractivity contribution >= 4 is 21.6 Å². The van der Waals surface area contributed by atoms with Gasteiger partial charge in [0.2, 0.25) is 15.9 Å². The lowest BCUT2D eigenvalue weighted by molar-refractivity contribution is -0.114. The van der Waals surface area contributed by atoms with Crippen LogP contribution in [0.25, 0.3) is 0 Å². The van der Waals surface area contributed by atoms with Gasteiger partial charge in [-0.3, -0.25) is 4.79 Å². The van der Waals surface area contributed by atoms with Gasteiger partial charge in [0.05, 0.1) is 24.3 Å². The Bertz CT molecular complexity index is 897. The molecule has 0 aromatic heterocycles. The standard InChI is InChI=1S/C19H24N2O6S/c1-4-26-15-5-7-16(8-6-15)27-12-11-20-28(23,24)17-9-10-19(25-3)18(13-17)21-14(2)22/h5-10,13,20H,4,11-12H2,1-3H3,(H,21,22). The van der Waals surface area contributed by atoms with Crippen LogP contribution in [0.15, 0.2) is 47.4 Å². The second kappa shape index (κ2) is 9.95. The van der Waals surface area contributed by atoms with Crippen LogP contribution in [0.3, 0.4) is 0 Å². The predicted molar refractivity (Wildman–Crippen MR) is 106 cm³/mol. The summed E-state index contributed by atoms with van der Waals surface area (Å²) in [4.78, 5) is 11.3. The van der Waals surface area contributed by atoms with Crippen LogP contribution < -0.4 is 24.2 Å². The van der Waals surface area contributed by atoms with Gasteiger partial charge < -0.3 is 19.5 Å². The number of anilines is 1. The minimum absolute atomic E-state index is 0.0121. The van der Waals surface area contributed by atoms with Crippen LogP contribution >= 0.6 is 0 Å². The van der Waals surface area contributed by atoms with Crippen molar-refractivity contribution in [1.29, 1.82) is 0 Å². The van der Waals surface area contributed by atoms with Crippen LogP contribution in [0.1, 0.15) is 13.8 Å². The van der Waals surface area contributed by atoms with Gasteiger partial charge in [-0.15, -0.1) is 0 Å². The third-order valence-electron chi connectivity index (χ3n) is 3.59. The molecular weight excluding hydrogens is 384 g/mol. The minimum atomic E-state index is -3.77. The summed E-state index contributed by atoms with van der Waals surface area (Å²) in [5, 5.41) is 2.55. The Morgan fingerprint density at radius 3 is 2.25 bits per heavy atom. The number of carbonyl (C=O) groups excluding carboxylic acids is 1. The van der Waals surface area contributed by atoms with Gasteiger partial charge in [-0.2, -0.15) is 0 Å². The summed E-state index contributed by atoms with van der Waals surface area (Å²) in [6.07, 6.45) is 0. The Balaban J connectivity index is 1.95. The fourth-order valence-corrected chi connectivity index (χ4v) is 3.41. The first-order valence-corrected chi connectivity index (χ1v) is 10.1. The number of ether oxygens (including phenoxy) is 3. The molecule has 8 nitrogen and oxygen atoms in total. The maximum absolute atomic E-state index is 12.5. The minimum Gasteiger partial charge on any atom is -0.495 e. The van der Waals surface area contributed by atoms with Crippen molar-refractivity contribution in [2.24, 2.45) is 0 Å². The van der Waals surface area contributed by atoms with Crippen LogP contribution in [0.2, 0.25) is 0 Å². The lowest BCUT2D eigenvalue weighted by Crippen LogP contribution is -2.28. The second-order valence-electron chi connectivity index (χ2n) is 5.69. The van der Waals surface area contributed by atoms with Crippen LogP contribution in [-0.4, -0.2) is 41.2 Å². The lowest BCUT2D eigenvalue weighted by Gasteiger charge is -2.12. The van der Waals surface area contributed by atoms with E-state index in [4.69, 9.17) is 14.2 Å². The van der Waals surface area contributed by atoms with Gasteiger partial charge in [-0.1, -0.05) is 0 Å². The summed E-state index contributed by atoms with van der Waals surface area (Å²) in [6.45, 7) is 4.05. The van der Waals surface area contributed by atoms with E-state index in [9.17, 15) is 13.2 Å². The molecule has 0 spiro atoms. The Hall–Kier alpha value is -2.78. The third kappa shape index (κ3) is 6.14. The molecule has 0 unspecified atom stereocenters. The summed E-state index contributed by atoms with van der Waals surface area (Å²) in [5.74, 6) is 1.39. The molecule has 0 atom stereocenters. The summed E-state index contributed by atoms with van der Waals surface area (Å²) < 4.78 is 43.4. The van der Waals surface area contributed by atoms with E-state index in [1.807, 2.05) is 6.92 Å². The third-order valence-corrected chi connectivity index (χ3v) is 5.05. The Morgan fingerprint density at radius 1 is 1.04 bits per heavy atom. The topological polar surface area (TPSA) is 103 Å². The van der Waals surface area contributed by atoms with E-state index in [0.717, 1.165) is 5.75 Å². The molecule has 1 amide bonds. The van der Waals surface area contributed by atoms with Gasteiger partial charge in [0.15, 0.2) is 0 Å². The number of rotatable bonds is 10. The van der Waals surface area contributed by atoms with E-state index >= 15 is 0 Å².